The Morgan fingerprint density at radius 1 is 1.47 bits per heavy atom. The molecular weight excluding hydrogens is 223 g/mol. The zero-order chi connectivity index (χ0) is 12.8. The smallest absolute Gasteiger partial charge is 0.319 e. The van der Waals surface area contributed by atoms with Crippen LogP contribution in [-0.2, 0) is 0 Å². The van der Waals surface area contributed by atoms with Gasteiger partial charge in [0.25, 0.3) is 0 Å². The monoisotopic (exact) mass is 240 g/mol. The molecule has 3 N–H and O–H groups in total. The summed E-state index contributed by atoms with van der Waals surface area (Å²) in [7, 11) is 0. The molecule has 0 saturated carbocycles. The number of aliphatic hydroxyl groups is 1. The third-order valence-corrected chi connectivity index (χ3v) is 2.24. The molecule has 2 amide bonds. The van der Waals surface area contributed by atoms with Crippen molar-refractivity contribution in [2.75, 3.05) is 11.9 Å². The molecule has 5 heteroatoms. The summed E-state index contributed by atoms with van der Waals surface area (Å²) in [6, 6.07) is 3.78. The Morgan fingerprint density at radius 2 is 2.18 bits per heavy atom. The number of hydrogen-bond acceptors (Lipinski definition) is 2. The van der Waals surface area contributed by atoms with Gasteiger partial charge in [0, 0.05) is 18.3 Å². The first-order chi connectivity index (χ1) is 8.01. The van der Waals surface area contributed by atoms with Crippen LogP contribution in [0, 0.1) is 12.7 Å². The van der Waals surface area contributed by atoms with Crippen molar-refractivity contribution >= 4 is 11.7 Å². The predicted octanol–water partition coefficient (Wildman–Crippen LogP) is 2.03. The molecule has 1 aromatic carbocycles. The maximum absolute atomic E-state index is 13.1. The number of hydrogen-bond donors (Lipinski definition) is 3. The fourth-order valence-electron chi connectivity index (χ4n) is 1.47. The molecule has 1 atom stereocenters. The lowest BCUT2D eigenvalue weighted by Gasteiger charge is -2.13. The maximum Gasteiger partial charge on any atom is 0.319 e. The molecule has 0 aromatic heterocycles. The van der Waals surface area contributed by atoms with Gasteiger partial charge in [-0.15, -0.1) is 0 Å². The third-order valence-electron chi connectivity index (χ3n) is 2.24. The summed E-state index contributed by atoms with van der Waals surface area (Å²) in [5.41, 5.74) is 1.15. The summed E-state index contributed by atoms with van der Waals surface area (Å²) >= 11 is 0. The summed E-state index contributed by atoms with van der Waals surface area (Å²) in [5.74, 6) is -0.385. The van der Waals surface area contributed by atoms with E-state index < -0.39 is 6.03 Å². The molecule has 0 aliphatic rings. The van der Waals surface area contributed by atoms with Crippen LogP contribution in [0.2, 0.25) is 0 Å². The minimum atomic E-state index is -0.407. The number of aryl methyl sites for hydroxylation is 1. The van der Waals surface area contributed by atoms with Gasteiger partial charge >= 0.3 is 6.03 Å². The van der Waals surface area contributed by atoms with Gasteiger partial charge in [-0.05, 0) is 44.0 Å². The SMILES string of the molecule is Cc1cc(F)cc(NC(=O)N[C@H](C)CCO)c1. The van der Waals surface area contributed by atoms with Gasteiger partial charge in [-0.25, -0.2) is 9.18 Å². The molecule has 0 radical (unpaired) electrons. The van der Waals surface area contributed by atoms with E-state index in [4.69, 9.17) is 5.11 Å². The number of urea groups is 1. The van der Waals surface area contributed by atoms with Gasteiger partial charge in [0.05, 0.1) is 0 Å². The van der Waals surface area contributed by atoms with E-state index >= 15 is 0 Å². The van der Waals surface area contributed by atoms with Gasteiger partial charge in [0.1, 0.15) is 5.82 Å². The van der Waals surface area contributed by atoms with E-state index in [2.05, 4.69) is 10.6 Å². The molecule has 0 spiro atoms. The molecule has 4 nitrogen and oxygen atoms in total. The van der Waals surface area contributed by atoms with Crippen molar-refractivity contribution in [3.8, 4) is 0 Å². The van der Waals surface area contributed by atoms with Crippen molar-refractivity contribution in [2.45, 2.75) is 26.3 Å². The minimum Gasteiger partial charge on any atom is -0.396 e. The number of halogens is 1. The first-order valence-corrected chi connectivity index (χ1v) is 5.47. The average molecular weight is 240 g/mol. The minimum absolute atomic E-state index is 0.0144. The van der Waals surface area contributed by atoms with Crippen molar-refractivity contribution in [1.29, 1.82) is 0 Å². The average Bonchev–Trinajstić information content (AvgIpc) is 2.14. The number of anilines is 1. The Balaban J connectivity index is 2.56. The number of carbonyl (C=O) groups is 1. The van der Waals surface area contributed by atoms with Crippen LogP contribution in [0.25, 0.3) is 0 Å². The zero-order valence-corrected chi connectivity index (χ0v) is 9.96. The fourth-order valence-corrected chi connectivity index (χ4v) is 1.47. The first-order valence-electron chi connectivity index (χ1n) is 5.47. The molecule has 1 aromatic rings. The van der Waals surface area contributed by atoms with Crippen molar-refractivity contribution in [3.63, 3.8) is 0 Å². The Morgan fingerprint density at radius 3 is 2.76 bits per heavy atom. The molecule has 0 heterocycles. The highest BCUT2D eigenvalue weighted by Crippen LogP contribution is 2.13. The first kappa shape index (κ1) is 13.4. The number of carbonyl (C=O) groups excluding carboxylic acids is 1. The highest BCUT2D eigenvalue weighted by molar-refractivity contribution is 5.89. The number of amides is 2. The van der Waals surface area contributed by atoms with Crippen LogP contribution in [0.5, 0.6) is 0 Å². The lowest BCUT2D eigenvalue weighted by atomic mass is 10.2. The van der Waals surface area contributed by atoms with Crippen LogP contribution < -0.4 is 10.6 Å². The van der Waals surface area contributed by atoms with E-state index in [-0.39, 0.29) is 18.5 Å². The maximum atomic E-state index is 13.1. The van der Waals surface area contributed by atoms with Crippen molar-refractivity contribution in [1.82, 2.24) is 5.32 Å². The van der Waals surface area contributed by atoms with Gasteiger partial charge in [-0.1, -0.05) is 0 Å². The normalized spacial score (nSPS) is 12.0. The summed E-state index contributed by atoms with van der Waals surface area (Å²) in [5, 5.41) is 13.9. The summed E-state index contributed by atoms with van der Waals surface area (Å²) in [6.45, 7) is 3.55. The highest BCUT2D eigenvalue weighted by Gasteiger charge is 2.07. The van der Waals surface area contributed by atoms with Crippen LogP contribution in [0.4, 0.5) is 14.9 Å². The molecular formula is C12H17FN2O2. The number of aliphatic hydroxyl groups excluding tert-OH is 1. The van der Waals surface area contributed by atoms with Crippen molar-refractivity contribution in [2.24, 2.45) is 0 Å². The van der Waals surface area contributed by atoms with E-state index in [1.807, 2.05) is 0 Å². The van der Waals surface area contributed by atoms with Crippen molar-refractivity contribution in [3.05, 3.63) is 29.6 Å². The standard InChI is InChI=1S/C12H17FN2O2/c1-8-5-10(13)7-11(6-8)15-12(17)14-9(2)3-4-16/h5-7,9,16H,3-4H2,1-2H3,(H2,14,15,17)/t9-/m1/s1. The molecule has 0 aliphatic carbocycles. The van der Waals surface area contributed by atoms with Crippen LogP contribution in [0.3, 0.4) is 0 Å². The number of nitrogens with one attached hydrogen (secondary N) is 2. The predicted molar refractivity (Wildman–Crippen MR) is 64.5 cm³/mol. The van der Waals surface area contributed by atoms with Gasteiger partial charge in [-0.2, -0.15) is 0 Å². The summed E-state index contributed by atoms with van der Waals surface area (Å²) in [4.78, 5) is 11.5. The van der Waals surface area contributed by atoms with E-state index in [9.17, 15) is 9.18 Å². The Kier molecular flexibility index (Phi) is 4.90. The lowest BCUT2D eigenvalue weighted by Crippen LogP contribution is -2.36. The quantitative estimate of drug-likeness (QED) is 0.754. The Labute approximate surface area is 99.8 Å². The second-order valence-corrected chi connectivity index (χ2v) is 4.03. The Hall–Kier alpha value is -1.62. The van der Waals surface area contributed by atoms with Crippen molar-refractivity contribution < 1.29 is 14.3 Å². The zero-order valence-electron chi connectivity index (χ0n) is 9.96. The largest absolute Gasteiger partial charge is 0.396 e. The third kappa shape index (κ3) is 4.82. The molecule has 17 heavy (non-hydrogen) atoms. The molecule has 0 aliphatic heterocycles. The van der Waals surface area contributed by atoms with E-state index in [1.165, 1.54) is 12.1 Å². The van der Waals surface area contributed by atoms with Crippen LogP contribution >= 0.6 is 0 Å². The lowest BCUT2D eigenvalue weighted by molar-refractivity contribution is 0.241. The van der Waals surface area contributed by atoms with E-state index in [1.54, 1.807) is 19.9 Å². The van der Waals surface area contributed by atoms with Gasteiger partial charge in [0.15, 0.2) is 0 Å². The second kappa shape index (κ2) is 6.20. The topological polar surface area (TPSA) is 61.4 Å². The summed E-state index contributed by atoms with van der Waals surface area (Å²) < 4.78 is 13.1. The summed E-state index contributed by atoms with van der Waals surface area (Å²) in [6.07, 6.45) is 0.482. The molecule has 0 saturated heterocycles. The molecule has 94 valence electrons. The number of rotatable bonds is 4. The van der Waals surface area contributed by atoms with E-state index in [0.717, 1.165) is 5.56 Å². The van der Waals surface area contributed by atoms with Gasteiger partial charge in [0.2, 0.25) is 0 Å². The molecule has 0 unspecified atom stereocenters. The fraction of sp³-hybridized carbons (Fsp3) is 0.417. The van der Waals surface area contributed by atoms with E-state index in [0.29, 0.717) is 12.1 Å². The van der Waals surface area contributed by atoms with Gasteiger partial charge in [-0.3, -0.25) is 0 Å². The molecule has 0 bridgehead atoms. The van der Waals surface area contributed by atoms with Crippen LogP contribution in [0.1, 0.15) is 18.9 Å². The second-order valence-electron chi connectivity index (χ2n) is 4.03. The number of benzene rings is 1. The van der Waals surface area contributed by atoms with Crippen LogP contribution in [0.15, 0.2) is 18.2 Å². The molecule has 1 rings (SSSR count). The highest BCUT2D eigenvalue weighted by atomic mass is 19.1. The Bertz CT molecular complexity index is 376. The van der Waals surface area contributed by atoms with Gasteiger partial charge < -0.3 is 15.7 Å². The van der Waals surface area contributed by atoms with Crippen LogP contribution in [-0.4, -0.2) is 23.8 Å². The molecule has 0 fully saturated rings.